The van der Waals surface area contributed by atoms with Crippen molar-refractivity contribution in [1.29, 1.82) is 0 Å². The molecule has 0 radical (unpaired) electrons. The summed E-state index contributed by atoms with van der Waals surface area (Å²) in [5.74, 6) is 0.840. The van der Waals surface area contributed by atoms with Crippen molar-refractivity contribution in [3.8, 4) is 0 Å². The van der Waals surface area contributed by atoms with Gasteiger partial charge in [-0.2, -0.15) is 0 Å². The third kappa shape index (κ3) is 2.53. The second-order valence-corrected chi connectivity index (χ2v) is 5.61. The first-order valence-corrected chi connectivity index (χ1v) is 7.02. The lowest BCUT2D eigenvalue weighted by molar-refractivity contribution is 0.477. The summed E-state index contributed by atoms with van der Waals surface area (Å²) in [6.07, 6.45) is 2.08. The molecule has 1 N–H and O–H groups in total. The van der Waals surface area contributed by atoms with E-state index in [-0.39, 0.29) is 5.54 Å². The first kappa shape index (κ1) is 12.6. The fourth-order valence-electron chi connectivity index (χ4n) is 1.64. The molecule has 2 aromatic heterocycles. The van der Waals surface area contributed by atoms with Gasteiger partial charge < -0.3 is 5.32 Å². The number of anilines is 1. The summed E-state index contributed by atoms with van der Waals surface area (Å²) >= 11 is 7.52. The van der Waals surface area contributed by atoms with Crippen LogP contribution in [0.3, 0.4) is 0 Å². The molecule has 0 saturated heterocycles. The van der Waals surface area contributed by atoms with E-state index in [2.05, 4.69) is 36.1 Å². The minimum Gasteiger partial charge on any atom is -0.364 e. The summed E-state index contributed by atoms with van der Waals surface area (Å²) in [7, 11) is 0. The molecule has 0 aliphatic heterocycles. The van der Waals surface area contributed by atoms with Crippen molar-refractivity contribution in [2.45, 2.75) is 39.2 Å². The summed E-state index contributed by atoms with van der Waals surface area (Å²) < 4.78 is 0. The summed E-state index contributed by atoms with van der Waals surface area (Å²) in [5.41, 5.74) is 0.0482. The Balaban J connectivity index is 2.44. The highest BCUT2D eigenvalue weighted by Crippen LogP contribution is 2.29. The summed E-state index contributed by atoms with van der Waals surface area (Å²) in [5, 5.41) is 6.86. The minimum absolute atomic E-state index is 0.0482. The average Bonchev–Trinajstić information content (AvgIpc) is 2.77. The fraction of sp³-hybridized carbons (Fsp3) is 0.500. The van der Waals surface area contributed by atoms with Crippen molar-refractivity contribution in [2.24, 2.45) is 0 Å². The molecular formula is C12H16ClN3S. The maximum Gasteiger partial charge on any atom is 0.225 e. The number of rotatable bonds is 4. The van der Waals surface area contributed by atoms with E-state index in [4.69, 9.17) is 11.6 Å². The molecule has 0 saturated carbocycles. The highest BCUT2D eigenvalue weighted by atomic mass is 35.5. The van der Waals surface area contributed by atoms with Crippen LogP contribution in [-0.2, 0) is 0 Å². The number of nitrogens with zero attached hydrogens (tertiary/aromatic N) is 2. The maximum atomic E-state index is 5.94. The molecule has 92 valence electrons. The number of aromatic nitrogens is 2. The van der Waals surface area contributed by atoms with Crippen LogP contribution in [0.25, 0.3) is 10.2 Å². The van der Waals surface area contributed by atoms with Gasteiger partial charge in [0.1, 0.15) is 10.6 Å². The molecule has 0 bridgehead atoms. The molecule has 17 heavy (non-hydrogen) atoms. The molecule has 2 heterocycles. The largest absolute Gasteiger partial charge is 0.364 e. The van der Waals surface area contributed by atoms with Crippen LogP contribution >= 0.6 is 22.9 Å². The van der Waals surface area contributed by atoms with Gasteiger partial charge in [-0.25, -0.2) is 9.97 Å². The van der Waals surface area contributed by atoms with Gasteiger partial charge in [0, 0.05) is 5.54 Å². The van der Waals surface area contributed by atoms with Crippen LogP contribution in [-0.4, -0.2) is 15.5 Å². The van der Waals surface area contributed by atoms with E-state index in [0.717, 1.165) is 28.9 Å². The Morgan fingerprint density at radius 2 is 2.06 bits per heavy atom. The highest BCUT2D eigenvalue weighted by molar-refractivity contribution is 7.16. The van der Waals surface area contributed by atoms with E-state index >= 15 is 0 Å². The summed E-state index contributed by atoms with van der Waals surface area (Å²) in [4.78, 5) is 9.45. The number of hydrogen-bond acceptors (Lipinski definition) is 4. The number of halogens is 1. The lowest BCUT2D eigenvalue weighted by Crippen LogP contribution is -2.33. The van der Waals surface area contributed by atoms with Crippen LogP contribution in [0.1, 0.15) is 33.6 Å². The number of thiophene rings is 1. The quantitative estimate of drug-likeness (QED) is 0.840. The van der Waals surface area contributed by atoms with Gasteiger partial charge in [-0.1, -0.05) is 13.8 Å². The van der Waals surface area contributed by atoms with Crippen molar-refractivity contribution >= 4 is 39.0 Å². The number of fused-ring (bicyclic) bond motifs is 1. The Hall–Kier alpha value is -0.870. The smallest absolute Gasteiger partial charge is 0.225 e. The van der Waals surface area contributed by atoms with Crippen LogP contribution in [0.4, 0.5) is 5.82 Å². The fourth-order valence-corrected chi connectivity index (χ4v) is 2.62. The van der Waals surface area contributed by atoms with Crippen LogP contribution in [0.5, 0.6) is 0 Å². The molecule has 0 unspecified atom stereocenters. The molecule has 5 heteroatoms. The molecule has 0 aliphatic carbocycles. The molecule has 0 fully saturated rings. The third-order valence-electron chi connectivity index (χ3n) is 3.28. The standard InChI is InChI=1S/C12H16ClN3S/c1-4-12(3,5-2)16-9-8-6-7-17-10(8)15-11(13)14-9/h6-7H,4-5H2,1-3H3,(H,14,15,16). The predicted octanol–water partition coefficient (Wildman–Crippen LogP) is 4.34. The molecule has 2 aromatic rings. The summed E-state index contributed by atoms with van der Waals surface area (Å²) in [6, 6.07) is 2.03. The highest BCUT2D eigenvalue weighted by Gasteiger charge is 2.21. The van der Waals surface area contributed by atoms with Gasteiger partial charge >= 0.3 is 0 Å². The third-order valence-corrected chi connectivity index (χ3v) is 4.25. The Labute approximate surface area is 110 Å². The molecule has 2 rings (SSSR count). The van der Waals surface area contributed by atoms with Crippen molar-refractivity contribution in [2.75, 3.05) is 5.32 Å². The zero-order chi connectivity index (χ0) is 12.5. The van der Waals surface area contributed by atoms with Gasteiger partial charge in [0.05, 0.1) is 5.39 Å². The van der Waals surface area contributed by atoms with Gasteiger partial charge in [0.2, 0.25) is 5.28 Å². The lowest BCUT2D eigenvalue weighted by atomic mass is 9.95. The molecule has 3 nitrogen and oxygen atoms in total. The van der Waals surface area contributed by atoms with Gasteiger partial charge in [-0.3, -0.25) is 0 Å². The van der Waals surface area contributed by atoms with Gasteiger partial charge in [-0.05, 0) is 42.8 Å². The zero-order valence-corrected chi connectivity index (χ0v) is 11.8. The average molecular weight is 270 g/mol. The van der Waals surface area contributed by atoms with E-state index in [1.807, 2.05) is 11.4 Å². The Kier molecular flexibility index (Phi) is 3.54. The van der Waals surface area contributed by atoms with Crippen molar-refractivity contribution in [3.05, 3.63) is 16.7 Å². The molecule has 0 spiro atoms. The molecule has 0 aromatic carbocycles. The van der Waals surface area contributed by atoms with Crippen LogP contribution in [0.2, 0.25) is 5.28 Å². The van der Waals surface area contributed by atoms with E-state index < -0.39 is 0 Å². The first-order chi connectivity index (χ1) is 8.08. The summed E-state index contributed by atoms with van der Waals surface area (Å²) in [6.45, 7) is 6.54. The number of nitrogens with one attached hydrogen (secondary N) is 1. The van der Waals surface area contributed by atoms with Crippen LogP contribution in [0, 0.1) is 0 Å². The first-order valence-electron chi connectivity index (χ1n) is 5.77. The second-order valence-electron chi connectivity index (χ2n) is 4.37. The second kappa shape index (κ2) is 4.78. The normalized spacial score (nSPS) is 12.0. The Bertz CT molecular complexity index is 519. The predicted molar refractivity (Wildman–Crippen MR) is 75.0 cm³/mol. The van der Waals surface area contributed by atoms with Crippen LogP contribution in [0.15, 0.2) is 11.4 Å². The van der Waals surface area contributed by atoms with Crippen LogP contribution < -0.4 is 5.32 Å². The monoisotopic (exact) mass is 269 g/mol. The van der Waals surface area contributed by atoms with E-state index in [9.17, 15) is 0 Å². The molecule has 0 aliphatic rings. The van der Waals surface area contributed by atoms with E-state index in [0.29, 0.717) is 5.28 Å². The van der Waals surface area contributed by atoms with E-state index in [1.54, 1.807) is 11.3 Å². The van der Waals surface area contributed by atoms with Gasteiger partial charge in [-0.15, -0.1) is 11.3 Å². The number of hydrogen-bond donors (Lipinski definition) is 1. The van der Waals surface area contributed by atoms with Gasteiger partial charge in [0.15, 0.2) is 0 Å². The van der Waals surface area contributed by atoms with E-state index in [1.165, 1.54) is 0 Å². The van der Waals surface area contributed by atoms with Crippen molar-refractivity contribution < 1.29 is 0 Å². The molecular weight excluding hydrogens is 254 g/mol. The zero-order valence-electron chi connectivity index (χ0n) is 10.2. The lowest BCUT2D eigenvalue weighted by Gasteiger charge is -2.29. The maximum absolute atomic E-state index is 5.94. The Morgan fingerprint density at radius 3 is 2.71 bits per heavy atom. The Morgan fingerprint density at radius 1 is 1.35 bits per heavy atom. The van der Waals surface area contributed by atoms with Gasteiger partial charge in [0.25, 0.3) is 0 Å². The SMILES string of the molecule is CCC(C)(CC)Nc1nc(Cl)nc2sccc12. The molecule has 0 atom stereocenters. The minimum atomic E-state index is 0.0482. The topological polar surface area (TPSA) is 37.8 Å². The van der Waals surface area contributed by atoms with Crippen molar-refractivity contribution in [3.63, 3.8) is 0 Å². The van der Waals surface area contributed by atoms with Crippen molar-refractivity contribution in [1.82, 2.24) is 9.97 Å². The molecule has 0 amide bonds.